The van der Waals surface area contributed by atoms with E-state index in [1.165, 1.54) is 0 Å². The smallest absolute Gasteiger partial charge is 0.187 e. The van der Waals surface area contributed by atoms with Crippen LogP contribution in [0.15, 0.2) is 23.5 Å². The summed E-state index contributed by atoms with van der Waals surface area (Å²) in [6, 6.07) is 0. The van der Waals surface area contributed by atoms with Gasteiger partial charge in [0.25, 0.3) is 0 Å². The van der Waals surface area contributed by atoms with Crippen molar-refractivity contribution in [2.75, 3.05) is 19.8 Å². The van der Waals surface area contributed by atoms with Crippen LogP contribution in [-0.4, -0.2) is 104 Å². The van der Waals surface area contributed by atoms with Gasteiger partial charge in [0.05, 0.1) is 37.0 Å². The molecule has 8 rings (SSSR count). The van der Waals surface area contributed by atoms with Gasteiger partial charge < -0.3 is 45.4 Å². The first-order chi connectivity index (χ1) is 25.5. The highest BCUT2D eigenvalue weighted by atomic mass is 16.7. The summed E-state index contributed by atoms with van der Waals surface area (Å²) in [7, 11) is 0. The summed E-state index contributed by atoms with van der Waals surface area (Å²) in [5.74, 6) is -2.09. The zero-order valence-corrected chi connectivity index (χ0v) is 31.0. The summed E-state index contributed by atoms with van der Waals surface area (Å²) >= 11 is 0. The number of ether oxygens (including phenoxy) is 2. The van der Waals surface area contributed by atoms with Crippen LogP contribution in [0.1, 0.15) is 96.3 Å². The zero-order valence-electron chi connectivity index (χ0n) is 31.0. The van der Waals surface area contributed by atoms with Gasteiger partial charge in [-0.1, -0.05) is 31.8 Å². The summed E-state index contributed by atoms with van der Waals surface area (Å²) in [5.41, 5.74) is 4.95. The van der Waals surface area contributed by atoms with E-state index in [9.17, 15) is 40.2 Å². The average molecular weight is 744 g/mol. The van der Waals surface area contributed by atoms with Crippen molar-refractivity contribution in [2.45, 2.75) is 139 Å². The second kappa shape index (κ2) is 15.0. The molecule has 2 aliphatic heterocycles. The highest BCUT2D eigenvalue weighted by Crippen LogP contribution is 2.63. The van der Waals surface area contributed by atoms with Crippen molar-refractivity contribution in [3.05, 3.63) is 23.5 Å². The van der Waals surface area contributed by atoms with E-state index in [4.69, 9.17) is 15.2 Å². The Morgan fingerprint density at radius 1 is 0.925 bits per heavy atom. The maximum atomic E-state index is 14.4. The van der Waals surface area contributed by atoms with Crippen LogP contribution in [-0.2, 0) is 19.1 Å². The molecule has 0 spiro atoms. The second-order valence-corrected chi connectivity index (χ2v) is 18.6. The van der Waals surface area contributed by atoms with Gasteiger partial charge >= 0.3 is 0 Å². The molecule has 2 saturated heterocycles. The number of hydrogen-bond acceptors (Lipinski definition) is 11. The van der Waals surface area contributed by atoms with E-state index in [1.54, 1.807) is 6.08 Å². The Labute approximate surface area is 312 Å². The SMILES string of the molecule is NC1CC2C(CCC3CCCC32CC2(O)C(O)C(CO)OC(OC3CCCC4C(=O)C5C=C(CC6CCCC(CO)C6)C=C(O)C5C(=O)C34)C2O)C[NH2+]1. The molecule has 8 aliphatic rings. The topological polar surface area (TPSA) is 217 Å². The lowest BCUT2D eigenvalue weighted by Gasteiger charge is -2.58. The van der Waals surface area contributed by atoms with Gasteiger partial charge in [0, 0.05) is 24.9 Å². The van der Waals surface area contributed by atoms with Gasteiger partial charge in [-0.15, -0.1) is 0 Å². The van der Waals surface area contributed by atoms with Crippen LogP contribution in [0.5, 0.6) is 0 Å². The first-order valence-electron chi connectivity index (χ1n) is 20.9. The van der Waals surface area contributed by atoms with Crippen LogP contribution in [0.2, 0.25) is 0 Å². The fourth-order valence-electron chi connectivity index (χ4n) is 13.3. The number of hydrogen-bond donors (Lipinski definition) is 8. The molecular weight excluding hydrogens is 680 g/mol. The molecule has 12 heteroatoms. The Morgan fingerprint density at radius 2 is 1.72 bits per heavy atom. The molecule has 10 N–H and O–H groups in total. The normalized spacial score (nSPS) is 50.0. The molecule has 0 bridgehead atoms. The molecule has 53 heavy (non-hydrogen) atoms. The van der Waals surface area contributed by atoms with E-state index in [0.29, 0.717) is 43.4 Å². The van der Waals surface area contributed by atoms with Crippen molar-refractivity contribution in [1.82, 2.24) is 0 Å². The number of piperidine rings is 1. The van der Waals surface area contributed by atoms with Gasteiger partial charge in [-0.2, -0.15) is 0 Å². The average Bonchev–Trinajstić information content (AvgIpc) is 3.57. The summed E-state index contributed by atoms with van der Waals surface area (Å²) in [5, 5.41) is 69.8. The van der Waals surface area contributed by atoms with E-state index in [0.717, 1.165) is 76.3 Å². The van der Waals surface area contributed by atoms with E-state index in [-0.39, 0.29) is 53.8 Å². The monoisotopic (exact) mass is 743 g/mol. The number of aliphatic hydroxyl groups excluding tert-OH is 5. The number of carbonyl (C=O) groups excluding carboxylic acids is 2. The van der Waals surface area contributed by atoms with Crippen molar-refractivity contribution < 1.29 is 55.0 Å². The van der Waals surface area contributed by atoms with Crippen molar-refractivity contribution in [3.8, 4) is 0 Å². The van der Waals surface area contributed by atoms with Crippen LogP contribution in [0.25, 0.3) is 0 Å². The van der Waals surface area contributed by atoms with Crippen molar-refractivity contribution in [1.29, 1.82) is 0 Å². The minimum atomic E-state index is -2.06. The maximum Gasteiger partial charge on any atom is 0.187 e. The van der Waals surface area contributed by atoms with Crippen LogP contribution in [0.4, 0.5) is 0 Å². The van der Waals surface area contributed by atoms with Crippen LogP contribution in [0.3, 0.4) is 0 Å². The van der Waals surface area contributed by atoms with Gasteiger partial charge in [-0.3, -0.25) is 15.3 Å². The Morgan fingerprint density at radius 3 is 2.51 bits per heavy atom. The number of nitrogens with two attached hydrogens (primary N) is 2. The Hall–Kier alpha value is -1.74. The van der Waals surface area contributed by atoms with E-state index < -0.39 is 66.6 Å². The molecule has 0 aromatic heterocycles. The Kier molecular flexibility index (Phi) is 10.8. The quantitative estimate of drug-likeness (QED) is 0.178. The highest BCUT2D eigenvalue weighted by molar-refractivity contribution is 6.02. The molecule has 2 heterocycles. The predicted octanol–water partition coefficient (Wildman–Crippen LogP) is 1.37. The third-order valence-corrected chi connectivity index (χ3v) is 15.8. The first kappa shape index (κ1) is 38.1. The molecule has 296 valence electrons. The molecule has 12 nitrogen and oxygen atoms in total. The maximum absolute atomic E-state index is 14.4. The highest BCUT2D eigenvalue weighted by Gasteiger charge is 2.65. The van der Waals surface area contributed by atoms with Gasteiger partial charge in [-0.25, -0.2) is 0 Å². The Bertz CT molecular complexity index is 1460. The molecule has 6 aliphatic carbocycles. The van der Waals surface area contributed by atoms with Crippen LogP contribution < -0.4 is 11.1 Å². The molecule has 7 fully saturated rings. The van der Waals surface area contributed by atoms with Crippen molar-refractivity contribution in [3.63, 3.8) is 0 Å². The molecule has 17 atom stereocenters. The standard InChI is InChI=1S/C41H62N2O10/c42-32-16-28-24(17-43-32)9-10-25-6-3-11-40(25,28)20-41(51)37(49)31(19-45)53-39(38(41)50)52-30-8-2-7-26-34(30)36(48)33-27(35(26)47)14-23(15-29(33)46)13-21-4-1-5-22(12-21)18-44/h14-15,21-22,24-28,30-34,37-39,43-46,49-51H,1-13,16-20,42H2/p+1. The number of aliphatic hydroxyl groups is 6. The van der Waals surface area contributed by atoms with Crippen molar-refractivity contribution in [2.24, 2.45) is 64.4 Å². The zero-order chi connectivity index (χ0) is 37.2. The van der Waals surface area contributed by atoms with Crippen molar-refractivity contribution >= 4 is 11.6 Å². The third kappa shape index (κ3) is 6.59. The lowest BCUT2D eigenvalue weighted by atomic mass is 9.51. The predicted molar refractivity (Wildman–Crippen MR) is 191 cm³/mol. The summed E-state index contributed by atoms with van der Waals surface area (Å²) in [6.07, 6.45) is 8.88. The molecule has 0 radical (unpaired) electrons. The fourth-order valence-corrected chi connectivity index (χ4v) is 13.3. The number of carbonyl (C=O) groups is 2. The number of Topliss-reactive ketones (excluding diaryl/α,β-unsaturated/α-hetero) is 2. The molecule has 0 amide bonds. The molecule has 5 saturated carbocycles. The molecular formula is C41H63N2O10+. The number of rotatable bonds is 8. The van der Waals surface area contributed by atoms with E-state index >= 15 is 0 Å². The number of ketones is 2. The minimum Gasteiger partial charge on any atom is -0.512 e. The molecule has 0 aromatic carbocycles. The van der Waals surface area contributed by atoms with Gasteiger partial charge in [0.15, 0.2) is 12.1 Å². The molecule has 0 aromatic rings. The fraction of sp³-hybridized carbons (Fsp3) is 0.854. The largest absolute Gasteiger partial charge is 0.512 e. The van der Waals surface area contributed by atoms with Gasteiger partial charge in [0.2, 0.25) is 0 Å². The van der Waals surface area contributed by atoms with E-state index in [1.807, 2.05) is 6.08 Å². The minimum absolute atomic E-state index is 0.0421. The summed E-state index contributed by atoms with van der Waals surface area (Å²) in [6.45, 7) is 0.482. The number of allylic oxidation sites excluding steroid dienone is 4. The third-order valence-electron chi connectivity index (χ3n) is 15.8. The van der Waals surface area contributed by atoms with Gasteiger partial charge in [0.1, 0.15) is 41.6 Å². The summed E-state index contributed by atoms with van der Waals surface area (Å²) in [4.78, 5) is 28.6. The van der Waals surface area contributed by atoms with Crippen LogP contribution in [0, 0.1) is 58.7 Å². The molecule has 17 unspecified atom stereocenters. The lowest BCUT2D eigenvalue weighted by Crippen LogP contribution is -2.96. The first-order valence-corrected chi connectivity index (χ1v) is 20.9. The second-order valence-electron chi connectivity index (χ2n) is 18.6. The number of quaternary nitrogens is 1. The van der Waals surface area contributed by atoms with Gasteiger partial charge in [-0.05, 0) is 105 Å². The lowest BCUT2D eigenvalue weighted by molar-refractivity contribution is -0.708. The number of fused-ring (bicyclic) bond motifs is 5. The summed E-state index contributed by atoms with van der Waals surface area (Å²) < 4.78 is 12.5. The Balaban J connectivity index is 1.02. The van der Waals surface area contributed by atoms with E-state index in [2.05, 4.69) is 5.32 Å². The van der Waals surface area contributed by atoms with Crippen LogP contribution >= 0.6 is 0 Å².